The Kier molecular flexibility index (Phi) is 13.7. The number of hydrogen-bond acceptors (Lipinski definition) is 3. The molecule has 3 nitrogen and oxygen atoms in total. The van der Waals surface area contributed by atoms with Crippen LogP contribution in [-0.4, -0.2) is 24.2 Å². The van der Waals surface area contributed by atoms with Crippen molar-refractivity contribution in [2.75, 3.05) is 13.1 Å². The van der Waals surface area contributed by atoms with Crippen molar-refractivity contribution in [2.24, 2.45) is 5.73 Å². The molecule has 1 aliphatic rings. The average molecular weight is 336 g/mol. The highest BCUT2D eigenvalue weighted by atomic mass is 15.3. The predicted octanol–water partition coefficient (Wildman–Crippen LogP) is 5.30. The first-order chi connectivity index (χ1) is 11.9. The van der Waals surface area contributed by atoms with E-state index < -0.39 is 0 Å². The monoisotopic (exact) mass is 335 g/mol. The number of allylic oxidation sites excluding steroid dienone is 2. The van der Waals surface area contributed by atoms with Crippen LogP contribution in [0.15, 0.2) is 24.6 Å². The molecule has 1 atom stereocenters. The van der Waals surface area contributed by atoms with Gasteiger partial charge in [-0.3, -0.25) is 0 Å². The van der Waals surface area contributed by atoms with Crippen LogP contribution in [0.25, 0.3) is 0 Å². The van der Waals surface area contributed by atoms with Crippen molar-refractivity contribution in [3.05, 3.63) is 24.6 Å². The summed E-state index contributed by atoms with van der Waals surface area (Å²) in [6.45, 7) is 3.96. The van der Waals surface area contributed by atoms with E-state index in [2.05, 4.69) is 41.7 Å². The van der Waals surface area contributed by atoms with Gasteiger partial charge in [0.05, 0.1) is 6.17 Å². The SMILES string of the molecule is CCCCCC/C=C/CCCCCCCCC1NC=CN1CCN. The topological polar surface area (TPSA) is 41.3 Å². The Balaban J connectivity index is 1.81. The number of nitrogens with two attached hydrogens (primary N) is 1. The van der Waals surface area contributed by atoms with Gasteiger partial charge in [-0.15, -0.1) is 0 Å². The predicted molar refractivity (Wildman–Crippen MR) is 107 cm³/mol. The zero-order valence-electron chi connectivity index (χ0n) is 16.0. The van der Waals surface area contributed by atoms with Crippen LogP contribution in [0, 0.1) is 0 Å². The summed E-state index contributed by atoms with van der Waals surface area (Å²) in [6.07, 6.45) is 27.0. The molecule has 0 aliphatic carbocycles. The van der Waals surface area contributed by atoms with Crippen LogP contribution in [0.5, 0.6) is 0 Å². The number of nitrogens with zero attached hydrogens (tertiary/aromatic N) is 1. The van der Waals surface area contributed by atoms with Crippen LogP contribution in [0.1, 0.15) is 90.4 Å². The van der Waals surface area contributed by atoms with Gasteiger partial charge in [-0.05, 0) is 38.5 Å². The third kappa shape index (κ3) is 10.7. The maximum atomic E-state index is 5.64. The van der Waals surface area contributed by atoms with E-state index in [1.54, 1.807) is 0 Å². The van der Waals surface area contributed by atoms with Gasteiger partial charge in [0.1, 0.15) is 0 Å². The van der Waals surface area contributed by atoms with Gasteiger partial charge in [0.2, 0.25) is 0 Å². The minimum Gasteiger partial charge on any atom is -0.370 e. The van der Waals surface area contributed by atoms with Gasteiger partial charge in [-0.2, -0.15) is 0 Å². The molecule has 0 aromatic heterocycles. The second-order valence-electron chi connectivity index (χ2n) is 7.04. The van der Waals surface area contributed by atoms with E-state index in [-0.39, 0.29) is 0 Å². The summed E-state index contributed by atoms with van der Waals surface area (Å²) in [7, 11) is 0. The fraction of sp³-hybridized carbons (Fsp3) is 0.810. The third-order valence-electron chi connectivity index (χ3n) is 4.83. The fourth-order valence-electron chi connectivity index (χ4n) is 3.31. The second kappa shape index (κ2) is 15.6. The van der Waals surface area contributed by atoms with Gasteiger partial charge in [-0.1, -0.05) is 64.0 Å². The molecule has 0 amide bonds. The largest absolute Gasteiger partial charge is 0.370 e. The van der Waals surface area contributed by atoms with Crippen LogP contribution in [0.4, 0.5) is 0 Å². The van der Waals surface area contributed by atoms with Crippen molar-refractivity contribution in [3.63, 3.8) is 0 Å². The molecule has 0 aromatic rings. The Morgan fingerprint density at radius 1 is 0.917 bits per heavy atom. The molecule has 1 rings (SSSR count). The molecule has 0 spiro atoms. The number of hydrogen-bond donors (Lipinski definition) is 2. The van der Waals surface area contributed by atoms with Gasteiger partial charge in [0.25, 0.3) is 0 Å². The quantitative estimate of drug-likeness (QED) is 0.297. The molecule has 24 heavy (non-hydrogen) atoms. The lowest BCUT2D eigenvalue weighted by Gasteiger charge is -2.25. The molecule has 3 heteroatoms. The van der Waals surface area contributed by atoms with Crippen molar-refractivity contribution >= 4 is 0 Å². The van der Waals surface area contributed by atoms with Crippen LogP contribution >= 0.6 is 0 Å². The zero-order chi connectivity index (χ0) is 17.3. The van der Waals surface area contributed by atoms with Gasteiger partial charge in [0, 0.05) is 25.5 Å². The Labute approximate surface area is 150 Å². The molecule has 0 saturated heterocycles. The minimum absolute atomic E-state index is 0.482. The van der Waals surface area contributed by atoms with Crippen molar-refractivity contribution in [2.45, 2.75) is 96.6 Å². The van der Waals surface area contributed by atoms with Gasteiger partial charge in [0.15, 0.2) is 0 Å². The van der Waals surface area contributed by atoms with Crippen molar-refractivity contribution < 1.29 is 0 Å². The van der Waals surface area contributed by atoms with E-state index in [1.807, 2.05) is 0 Å². The summed E-state index contributed by atoms with van der Waals surface area (Å²) in [5.74, 6) is 0. The molecule has 1 unspecified atom stereocenters. The van der Waals surface area contributed by atoms with Crippen LogP contribution in [0.2, 0.25) is 0 Å². The molecule has 0 bridgehead atoms. The maximum absolute atomic E-state index is 5.64. The van der Waals surface area contributed by atoms with E-state index in [1.165, 1.54) is 83.5 Å². The first-order valence-electron chi connectivity index (χ1n) is 10.4. The Bertz CT molecular complexity index is 325. The molecule has 0 aromatic carbocycles. The summed E-state index contributed by atoms with van der Waals surface area (Å²) in [6, 6.07) is 0. The van der Waals surface area contributed by atoms with Crippen molar-refractivity contribution in [1.29, 1.82) is 0 Å². The maximum Gasteiger partial charge on any atom is 0.0981 e. The normalized spacial score (nSPS) is 17.1. The Morgan fingerprint density at radius 2 is 1.54 bits per heavy atom. The third-order valence-corrected chi connectivity index (χ3v) is 4.83. The highest BCUT2D eigenvalue weighted by Gasteiger charge is 2.16. The van der Waals surface area contributed by atoms with Crippen LogP contribution in [-0.2, 0) is 0 Å². The lowest BCUT2D eigenvalue weighted by Crippen LogP contribution is -2.37. The highest BCUT2D eigenvalue weighted by Crippen LogP contribution is 2.14. The van der Waals surface area contributed by atoms with E-state index in [0.29, 0.717) is 6.17 Å². The molecule has 140 valence electrons. The van der Waals surface area contributed by atoms with Gasteiger partial charge >= 0.3 is 0 Å². The molecule has 1 aliphatic heterocycles. The van der Waals surface area contributed by atoms with E-state index in [0.717, 1.165) is 13.1 Å². The zero-order valence-corrected chi connectivity index (χ0v) is 16.0. The molecular formula is C21H41N3. The number of rotatable bonds is 16. The highest BCUT2D eigenvalue weighted by molar-refractivity contribution is 4.94. The lowest BCUT2D eigenvalue weighted by atomic mass is 10.1. The Hall–Kier alpha value is -0.960. The van der Waals surface area contributed by atoms with Crippen LogP contribution < -0.4 is 11.1 Å². The van der Waals surface area contributed by atoms with E-state index in [4.69, 9.17) is 5.73 Å². The first-order valence-corrected chi connectivity index (χ1v) is 10.4. The van der Waals surface area contributed by atoms with Crippen molar-refractivity contribution in [3.8, 4) is 0 Å². The molecule has 1 heterocycles. The fourth-order valence-corrected chi connectivity index (χ4v) is 3.31. The molecular weight excluding hydrogens is 294 g/mol. The minimum atomic E-state index is 0.482. The summed E-state index contributed by atoms with van der Waals surface area (Å²) in [5, 5.41) is 3.42. The standard InChI is InChI=1S/C21H41N3/c1-2-3-4-5-6-7-8-9-10-11-12-13-14-15-16-21-23-18-20-24(21)19-17-22/h7-8,18,20-21,23H,2-6,9-17,19,22H2,1H3/b8-7+. The summed E-state index contributed by atoms with van der Waals surface area (Å²) < 4.78 is 0. The first kappa shape index (κ1) is 21.1. The lowest BCUT2D eigenvalue weighted by molar-refractivity contribution is 0.264. The van der Waals surface area contributed by atoms with E-state index >= 15 is 0 Å². The molecule has 0 fully saturated rings. The summed E-state index contributed by atoms with van der Waals surface area (Å²) >= 11 is 0. The molecule has 3 N–H and O–H groups in total. The average Bonchev–Trinajstić information content (AvgIpc) is 3.03. The summed E-state index contributed by atoms with van der Waals surface area (Å²) in [5.41, 5.74) is 5.64. The molecule has 0 saturated carbocycles. The van der Waals surface area contributed by atoms with Gasteiger partial charge in [-0.25, -0.2) is 0 Å². The van der Waals surface area contributed by atoms with Gasteiger partial charge < -0.3 is 16.0 Å². The summed E-state index contributed by atoms with van der Waals surface area (Å²) in [4.78, 5) is 2.33. The Morgan fingerprint density at radius 3 is 2.21 bits per heavy atom. The van der Waals surface area contributed by atoms with E-state index in [9.17, 15) is 0 Å². The molecule has 0 radical (unpaired) electrons. The number of nitrogens with one attached hydrogen (secondary N) is 1. The second-order valence-corrected chi connectivity index (χ2v) is 7.04. The number of unbranched alkanes of at least 4 members (excludes halogenated alkanes) is 10. The van der Waals surface area contributed by atoms with Crippen LogP contribution in [0.3, 0.4) is 0 Å². The smallest absolute Gasteiger partial charge is 0.0981 e. The van der Waals surface area contributed by atoms with Crippen molar-refractivity contribution in [1.82, 2.24) is 10.2 Å².